The number of non-ortho nitro benzene ring substituents is 1. The summed E-state index contributed by atoms with van der Waals surface area (Å²) in [5.41, 5.74) is 0.730. The molecule has 11 heteroatoms. The monoisotopic (exact) mass is 435 g/mol. The van der Waals surface area contributed by atoms with Gasteiger partial charge in [-0.1, -0.05) is 6.07 Å². The number of nitrogens with zero attached hydrogens (tertiary/aromatic N) is 2. The van der Waals surface area contributed by atoms with E-state index in [1.807, 2.05) is 18.2 Å². The van der Waals surface area contributed by atoms with Crippen molar-refractivity contribution in [3.63, 3.8) is 0 Å². The molecule has 2 heterocycles. The smallest absolute Gasteiger partial charge is 0.269 e. The summed E-state index contributed by atoms with van der Waals surface area (Å²) in [4.78, 5) is 12.3. The van der Waals surface area contributed by atoms with Gasteiger partial charge in [-0.2, -0.15) is 0 Å². The molecular formula is C19H21N3O7S. The van der Waals surface area contributed by atoms with Gasteiger partial charge in [-0.3, -0.25) is 15.0 Å². The summed E-state index contributed by atoms with van der Waals surface area (Å²) in [6.45, 7) is 2.75. The van der Waals surface area contributed by atoms with Gasteiger partial charge in [0.05, 0.1) is 23.0 Å². The second-order valence-corrected chi connectivity index (χ2v) is 8.65. The predicted octanol–water partition coefficient (Wildman–Crippen LogP) is 1.68. The molecule has 0 aliphatic carbocycles. The number of morpholine rings is 1. The minimum Gasteiger partial charge on any atom is -0.454 e. The van der Waals surface area contributed by atoms with Gasteiger partial charge in [0.1, 0.15) is 0 Å². The zero-order valence-electron chi connectivity index (χ0n) is 16.0. The van der Waals surface area contributed by atoms with Crippen LogP contribution < -0.4 is 14.2 Å². The number of ether oxygens (including phenoxy) is 3. The molecule has 1 N–H and O–H groups in total. The molecule has 0 saturated carbocycles. The van der Waals surface area contributed by atoms with Crippen LogP contribution in [0, 0.1) is 10.1 Å². The van der Waals surface area contributed by atoms with E-state index in [0.29, 0.717) is 37.8 Å². The summed E-state index contributed by atoms with van der Waals surface area (Å²) < 4.78 is 44.4. The lowest BCUT2D eigenvalue weighted by Gasteiger charge is -2.35. The summed E-state index contributed by atoms with van der Waals surface area (Å²) in [5, 5.41) is 10.8. The van der Waals surface area contributed by atoms with Crippen LogP contribution in [-0.4, -0.2) is 57.9 Å². The van der Waals surface area contributed by atoms with Crippen LogP contribution in [0.4, 0.5) is 5.69 Å². The normalized spacial score (nSPS) is 17.6. The van der Waals surface area contributed by atoms with Crippen molar-refractivity contribution in [3.8, 4) is 11.5 Å². The molecule has 1 fully saturated rings. The average molecular weight is 435 g/mol. The van der Waals surface area contributed by atoms with Gasteiger partial charge in [-0.05, 0) is 29.8 Å². The molecule has 10 nitrogen and oxygen atoms in total. The van der Waals surface area contributed by atoms with E-state index in [2.05, 4.69) is 9.62 Å². The van der Waals surface area contributed by atoms with Gasteiger partial charge in [-0.25, -0.2) is 13.1 Å². The molecule has 0 radical (unpaired) electrons. The lowest BCUT2D eigenvalue weighted by atomic mass is 10.0. The van der Waals surface area contributed by atoms with Crippen molar-refractivity contribution in [3.05, 3.63) is 58.1 Å². The van der Waals surface area contributed by atoms with Crippen LogP contribution >= 0.6 is 0 Å². The van der Waals surface area contributed by atoms with Crippen LogP contribution in [-0.2, 0) is 14.8 Å². The Morgan fingerprint density at radius 1 is 1.07 bits per heavy atom. The van der Waals surface area contributed by atoms with E-state index in [4.69, 9.17) is 14.2 Å². The van der Waals surface area contributed by atoms with E-state index in [0.717, 1.165) is 5.56 Å². The summed E-state index contributed by atoms with van der Waals surface area (Å²) >= 11 is 0. The standard InChI is InChI=1S/C19H21N3O7S/c23-22(24)15-2-4-16(5-3-15)30(25,26)20-12-17(21-7-9-27-10-8-21)14-1-6-18-19(11-14)29-13-28-18/h1-6,11,17,20H,7-10,12-13H2/t17-/m1/s1. The van der Waals surface area contributed by atoms with E-state index < -0.39 is 14.9 Å². The van der Waals surface area contributed by atoms with Crippen LogP contribution in [0.2, 0.25) is 0 Å². The predicted molar refractivity (Wildman–Crippen MR) is 106 cm³/mol. The number of fused-ring (bicyclic) bond motifs is 1. The molecule has 2 aliphatic rings. The molecule has 2 aromatic rings. The maximum Gasteiger partial charge on any atom is 0.269 e. The summed E-state index contributed by atoms with van der Waals surface area (Å²) in [6.07, 6.45) is 0. The Morgan fingerprint density at radius 3 is 2.47 bits per heavy atom. The van der Waals surface area contributed by atoms with Crippen molar-refractivity contribution in [1.82, 2.24) is 9.62 Å². The molecule has 0 bridgehead atoms. The quantitative estimate of drug-likeness (QED) is 0.515. The van der Waals surface area contributed by atoms with Crippen LogP contribution in [0.5, 0.6) is 11.5 Å². The van der Waals surface area contributed by atoms with Gasteiger partial charge in [0.2, 0.25) is 16.8 Å². The zero-order valence-corrected chi connectivity index (χ0v) is 16.8. The fraction of sp³-hybridized carbons (Fsp3) is 0.368. The molecule has 2 aliphatic heterocycles. The first-order valence-corrected chi connectivity index (χ1v) is 10.9. The maximum absolute atomic E-state index is 12.8. The fourth-order valence-corrected chi connectivity index (χ4v) is 4.52. The highest BCUT2D eigenvalue weighted by Crippen LogP contribution is 2.35. The van der Waals surface area contributed by atoms with E-state index in [9.17, 15) is 18.5 Å². The van der Waals surface area contributed by atoms with Gasteiger partial charge >= 0.3 is 0 Å². The van der Waals surface area contributed by atoms with Gasteiger partial charge in [0, 0.05) is 37.8 Å². The summed E-state index contributed by atoms with van der Waals surface area (Å²) in [5.74, 6) is 1.29. The van der Waals surface area contributed by atoms with Crippen molar-refractivity contribution in [2.24, 2.45) is 0 Å². The van der Waals surface area contributed by atoms with Gasteiger partial charge in [0.15, 0.2) is 11.5 Å². The lowest BCUT2D eigenvalue weighted by molar-refractivity contribution is -0.384. The second-order valence-electron chi connectivity index (χ2n) is 6.88. The minimum absolute atomic E-state index is 0.0282. The molecule has 2 aromatic carbocycles. The van der Waals surface area contributed by atoms with Crippen LogP contribution in [0.15, 0.2) is 47.4 Å². The van der Waals surface area contributed by atoms with E-state index in [-0.39, 0.29) is 30.0 Å². The highest BCUT2D eigenvalue weighted by atomic mass is 32.2. The third kappa shape index (κ3) is 4.38. The topological polar surface area (TPSA) is 120 Å². The molecule has 4 rings (SSSR count). The zero-order chi connectivity index (χ0) is 21.1. The molecule has 1 saturated heterocycles. The maximum atomic E-state index is 12.8. The van der Waals surface area contributed by atoms with Crippen molar-refractivity contribution >= 4 is 15.7 Å². The van der Waals surface area contributed by atoms with Crippen LogP contribution in [0.3, 0.4) is 0 Å². The van der Waals surface area contributed by atoms with Crippen molar-refractivity contribution in [2.45, 2.75) is 10.9 Å². The molecule has 0 aromatic heterocycles. The number of rotatable bonds is 7. The highest BCUT2D eigenvalue weighted by molar-refractivity contribution is 7.89. The molecule has 30 heavy (non-hydrogen) atoms. The number of nitro benzene ring substituents is 1. The number of nitro groups is 1. The molecule has 160 valence electrons. The van der Waals surface area contributed by atoms with Crippen LogP contribution in [0.1, 0.15) is 11.6 Å². The molecule has 1 atom stereocenters. The lowest BCUT2D eigenvalue weighted by Crippen LogP contribution is -2.43. The van der Waals surface area contributed by atoms with Crippen molar-refractivity contribution in [1.29, 1.82) is 0 Å². The number of benzene rings is 2. The number of nitrogens with one attached hydrogen (secondary N) is 1. The van der Waals surface area contributed by atoms with E-state index >= 15 is 0 Å². The second kappa shape index (κ2) is 8.56. The van der Waals surface area contributed by atoms with Crippen molar-refractivity contribution in [2.75, 3.05) is 39.6 Å². The van der Waals surface area contributed by atoms with Gasteiger partial charge < -0.3 is 14.2 Å². The largest absolute Gasteiger partial charge is 0.454 e. The number of hydrogen-bond acceptors (Lipinski definition) is 8. The summed E-state index contributed by atoms with van der Waals surface area (Å²) in [6, 6.07) is 10.1. The average Bonchev–Trinajstić information content (AvgIpc) is 3.23. The minimum atomic E-state index is -3.84. The van der Waals surface area contributed by atoms with E-state index in [1.165, 1.54) is 24.3 Å². The van der Waals surface area contributed by atoms with Gasteiger partial charge in [0.25, 0.3) is 5.69 Å². The summed E-state index contributed by atoms with van der Waals surface area (Å²) in [7, 11) is -3.84. The first-order valence-electron chi connectivity index (χ1n) is 9.39. The Bertz CT molecular complexity index is 1020. The van der Waals surface area contributed by atoms with Gasteiger partial charge in [-0.15, -0.1) is 0 Å². The number of hydrogen-bond donors (Lipinski definition) is 1. The molecule has 0 unspecified atom stereocenters. The van der Waals surface area contributed by atoms with Crippen molar-refractivity contribution < 1.29 is 27.6 Å². The Balaban J connectivity index is 1.54. The molecule has 0 spiro atoms. The Morgan fingerprint density at radius 2 is 1.77 bits per heavy atom. The number of sulfonamides is 1. The molecule has 0 amide bonds. The Labute approximate surface area is 173 Å². The van der Waals surface area contributed by atoms with E-state index in [1.54, 1.807) is 0 Å². The third-order valence-electron chi connectivity index (χ3n) is 5.09. The Kier molecular flexibility index (Phi) is 5.86. The highest BCUT2D eigenvalue weighted by Gasteiger charge is 2.27. The van der Waals surface area contributed by atoms with Crippen LogP contribution in [0.25, 0.3) is 0 Å². The first-order chi connectivity index (χ1) is 14.4. The first kappa shape index (κ1) is 20.5. The Hall–Kier alpha value is -2.73. The SMILES string of the molecule is O=[N+]([O-])c1ccc(S(=O)(=O)NC[C@H](c2ccc3c(c2)OCO3)N2CCOCC2)cc1. The fourth-order valence-electron chi connectivity index (χ4n) is 3.49. The third-order valence-corrected chi connectivity index (χ3v) is 6.53. The molecular weight excluding hydrogens is 414 g/mol.